The molecule has 5 nitrogen and oxygen atoms in total. The second kappa shape index (κ2) is 6.45. The molecule has 24 heavy (non-hydrogen) atoms. The Labute approximate surface area is 143 Å². The zero-order valence-electron chi connectivity index (χ0n) is 14.5. The van der Waals surface area contributed by atoms with Gasteiger partial charge in [0, 0.05) is 25.1 Å². The summed E-state index contributed by atoms with van der Waals surface area (Å²) in [5.41, 5.74) is 0.900. The number of hydrogen-bond acceptors (Lipinski definition) is 4. The molecule has 2 atom stereocenters. The highest BCUT2D eigenvalue weighted by atomic mass is 16.6. The van der Waals surface area contributed by atoms with Crippen LogP contribution >= 0.6 is 0 Å². The predicted molar refractivity (Wildman–Crippen MR) is 89.6 cm³/mol. The molecule has 0 N–H and O–H groups in total. The molecular weight excluding hydrogens is 304 g/mol. The zero-order valence-corrected chi connectivity index (χ0v) is 14.5. The summed E-state index contributed by atoms with van der Waals surface area (Å²) in [6.45, 7) is 7.41. The van der Waals surface area contributed by atoms with Crippen molar-refractivity contribution < 1.29 is 14.3 Å². The quantitative estimate of drug-likeness (QED) is 0.851. The maximum atomic E-state index is 12.4. The summed E-state index contributed by atoms with van der Waals surface area (Å²) in [4.78, 5) is 14.3. The fraction of sp³-hybridized carbons (Fsp3) is 0.579. The minimum absolute atomic E-state index is 0.149. The standard InChI is InChI=1S/C19H24N2O3/c1-4-10-23-18-17(21-9-5-6-16(21)22)14-11-13(12-20)7-8-15(14)24-19(18,2)3/h7-8,11,17-18H,4-6,9-10H2,1-3H3. The second-order valence-electron chi connectivity index (χ2n) is 7.00. The van der Waals surface area contributed by atoms with Crippen LogP contribution in [-0.4, -0.2) is 35.7 Å². The van der Waals surface area contributed by atoms with E-state index in [-0.39, 0.29) is 18.1 Å². The third kappa shape index (κ3) is 2.87. The molecule has 128 valence electrons. The Balaban J connectivity index is 2.10. The van der Waals surface area contributed by atoms with Crippen LogP contribution in [0.15, 0.2) is 18.2 Å². The first-order valence-corrected chi connectivity index (χ1v) is 8.62. The molecular formula is C19H24N2O3. The highest BCUT2D eigenvalue weighted by molar-refractivity contribution is 5.79. The van der Waals surface area contributed by atoms with Crippen LogP contribution in [0.5, 0.6) is 5.75 Å². The molecule has 2 heterocycles. The molecule has 0 bridgehead atoms. The van der Waals surface area contributed by atoms with Crippen LogP contribution in [0, 0.1) is 11.3 Å². The van der Waals surface area contributed by atoms with Crippen LogP contribution in [0.3, 0.4) is 0 Å². The Morgan fingerprint density at radius 1 is 1.46 bits per heavy atom. The molecule has 0 radical (unpaired) electrons. The van der Waals surface area contributed by atoms with E-state index in [1.54, 1.807) is 6.07 Å². The van der Waals surface area contributed by atoms with E-state index in [9.17, 15) is 10.1 Å². The van der Waals surface area contributed by atoms with E-state index >= 15 is 0 Å². The average molecular weight is 328 g/mol. The lowest BCUT2D eigenvalue weighted by molar-refractivity contribution is -0.148. The Morgan fingerprint density at radius 2 is 2.25 bits per heavy atom. The highest BCUT2D eigenvalue weighted by Crippen LogP contribution is 2.45. The number of ether oxygens (including phenoxy) is 2. The van der Waals surface area contributed by atoms with Gasteiger partial charge in [-0.3, -0.25) is 4.79 Å². The summed E-state index contributed by atoms with van der Waals surface area (Å²) >= 11 is 0. The number of nitriles is 1. The maximum Gasteiger partial charge on any atom is 0.223 e. The number of amides is 1. The van der Waals surface area contributed by atoms with Crippen molar-refractivity contribution >= 4 is 5.91 Å². The molecule has 1 fully saturated rings. The molecule has 2 aliphatic heterocycles. The van der Waals surface area contributed by atoms with Gasteiger partial charge in [0.2, 0.25) is 5.91 Å². The lowest BCUT2D eigenvalue weighted by Crippen LogP contribution is -2.55. The molecule has 3 rings (SSSR count). The predicted octanol–water partition coefficient (Wildman–Crippen LogP) is 3.19. The van der Waals surface area contributed by atoms with Gasteiger partial charge in [0.05, 0.1) is 17.7 Å². The number of carbonyl (C=O) groups excluding carboxylic acids is 1. The Morgan fingerprint density at radius 3 is 2.88 bits per heavy atom. The smallest absolute Gasteiger partial charge is 0.223 e. The van der Waals surface area contributed by atoms with Gasteiger partial charge in [-0.05, 0) is 44.9 Å². The number of likely N-dealkylation sites (tertiary alicyclic amines) is 1. The summed E-state index contributed by atoms with van der Waals surface area (Å²) in [5, 5.41) is 9.25. The van der Waals surface area contributed by atoms with Gasteiger partial charge in [0.15, 0.2) is 0 Å². The van der Waals surface area contributed by atoms with Crippen LogP contribution < -0.4 is 4.74 Å². The zero-order chi connectivity index (χ0) is 17.3. The molecule has 0 aliphatic carbocycles. The number of hydrogen-bond donors (Lipinski definition) is 0. The topological polar surface area (TPSA) is 62.6 Å². The molecule has 1 saturated heterocycles. The van der Waals surface area contributed by atoms with Gasteiger partial charge < -0.3 is 14.4 Å². The van der Waals surface area contributed by atoms with Crippen molar-refractivity contribution in [3.05, 3.63) is 29.3 Å². The van der Waals surface area contributed by atoms with Crippen LogP contribution in [0.4, 0.5) is 0 Å². The van der Waals surface area contributed by atoms with Crippen molar-refractivity contribution in [2.45, 2.75) is 57.8 Å². The van der Waals surface area contributed by atoms with E-state index in [1.165, 1.54) is 0 Å². The summed E-state index contributed by atoms with van der Waals surface area (Å²) in [6.07, 6.45) is 2.08. The van der Waals surface area contributed by atoms with Gasteiger partial charge in [0.1, 0.15) is 17.5 Å². The molecule has 5 heteroatoms. The summed E-state index contributed by atoms with van der Waals surface area (Å²) < 4.78 is 12.3. The third-order valence-corrected chi connectivity index (χ3v) is 4.75. The van der Waals surface area contributed by atoms with Crippen LogP contribution in [0.2, 0.25) is 0 Å². The molecule has 0 aromatic heterocycles. The van der Waals surface area contributed by atoms with Crippen molar-refractivity contribution in [2.75, 3.05) is 13.2 Å². The normalized spacial score (nSPS) is 25.1. The van der Waals surface area contributed by atoms with Crippen LogP contribution in [0.25, 0.3) is 0 Å². The highest BCUT2D eigenvalue weighted by Gasteiger charge is 2.49. The minimum Gasteiger partial charge on any atom is -0.485 e. The van der Waals surface area contributed by atoms with Gasteiger partial charge >= 0.3 is 0 Å². The Hall–Kier alpha value is -2.06. The van der Waals surface area contributed by atoms with Gasteiger partial charge in [0.25, 0.3) is 0 Å². The number of carbonyl (C=O) groups is 1. The first kappa shape index (κ1) is 16.8. The lowest BCUT2D eigenvalue weighted by Gasteiger charge is -2.47. The SMILES string of the molecule is CCCOC1C(N2CCCC2=O)c2cc(C#N)ccc2OC1(C)C. The van der Waals surface area contributed by atoms with Gasteiger partial charge in [-0.25, -0.2) is 0 Å². The average Bonchev–Trinajstić information content (AvgIpc) is 2.97. The van der Waals surface area contributed by atoms with Crippen molar-refractivity contribution in [1.29, 1.82) is 5.26 Å². The minimum atomic E-state index is -0.552. The fourth-order valence-electron chi connectivity index (χ4n) is 3.66. The van der Waals surface area contributed by atoms with E-state index in [2.05, 4.69) is 13.0 Å². The lowest BCUT2D eigenvalue weighted by atomic mass is 9.84. The molecule has 0 saturated carbocycles. The number of rotatable bonds is 4. The van der Waals surface area contributed by atoms with Crippen molar-refractivity contribution in [3.63, 3.8) is 0 Å². The van der Waals surface area contributed by atoms with E-state index < -0.39 is 5.60 Å². The Kier molecular flexibility index (Phi) is 4.51. The molecule has 1 amide bonds. The third-order valence-electron chi connectivity index (χ3n) is 4.75. The van der Waals surface area contributed by atoms with E-state index in [4.69, 9.17) is 9.47 Å². The first-order chi connectivity index (χ1) is 11.5. The molecule has 1 aromatic rings. The van der Waals surface area contributed by atoms with Crippen molar-refractivity contribution in [2.24, 2.45) is 0 Å². The summed E-state index contributed by atoms with van der Waals surface area (Å²) in [6, 6.07) is 7.39. The molecule has 1 aromatic carbocycles. The summed E-state index contributed by atoms with van der Waals surface area (Å²) in [7, 11) is 0. The molecule has 2 aliphatic rings. The van der Waals surface area contributed by atoms with Crippen LogP contribution in [-0.2, 0) is 9.53 Å². The maximum absolute atomic E-state index is 12.4. The van der Waals surface area contributed by atoms with E-state index in [1.807, 2.05) is 30.9 Å². The summed E-state index contributed by atoms with van der Waals surface area (Å²) in [5.74, 6) is 0.885. The largest absolute Gasteiger partial charge is 0.485 e. The van der Waals surface area contributed by atoms with Crippen molar-refractivity contribution in [3.8, 4) is 11.8 Å². The van der Waals surface area contributed by atoms with E-state index in [0.717, 1.165) is 30.7 Å². The van der Waals surface area contributed by atoms with E-state index in [0.29, 0.717) is 18.6 Å². The number of nitrogens with zero attached hydrogens (tertiary/aromatic N) is 2. The molecule has 0 spiro atoms. The monoisotopic (exact) mass is 328 g/mol. The van der Waals surface area contributed by atoms with Crippen molar-refractivity contribution in [1.82, 2.24) is 4.90 Å². The number of benzene rings is 1. The second-order valence-corrected chi connectivity index (χ2v) is 7.00. The fourth-order valence-corrected chi connectivity index (χ4v) is 3.66. The Bertz CT molecular complexity index is 678. The van der Waals surface area contributed by atoms with Gasteiger partial charge in [-0.15, -0.1) is 0 Å². The first-order valence-electron chi connectivity index (χ1n) is 8.62. The number of fused-ring (bicyclic) bond motifs is 1. The van der Waals surface area contributed by atoms with Gasteiger partial charge in [-0.1, -0.05) is 6.92 Å². The van der Waals surface area contributed by atoms with Crippen LogP contribution in [0.1, 0.15) is 57.2 Å². The van der Waals surface area contributed by atoms with Gasteiger partial charge in [-0.2, -0.15) is 5.26 Å². The molecule has 2 unspecified atom stereocenters.